The van der Waals surface area contributed by atoms with E-state index in [0.29, 0.717) is 0 Å². The molecular weight excluding hydrogens is 184 g/mol. The van der Waals surface area contributed by atoms with Gasteiger partial charge in [0.1, 0.15) is 0 Å². The van der Waals surface area contributed by atoms with Gasteiger partial charge in [-0.15, -0.1) is 0 Å². The van der Waals surface area contributed by atoms with Crippen molar-refractivity contribution >= 4 is 0 Å². The number of nitrogens with zero attached hydrogens (tertiary/aromatic N) is 1. The number of rotatable bonds is 2. The minimum absolute atomic E-state index is 0.761. The van der Waals surface area contributed by atoms with Crippen LogP contribution in [-0.2, 0) is 0 Å². The summed E-state index contributed by atoms with van der Waals surface area (Å²) in [7, 11) is 0. The highest BCUT2D eigenvalue weighted by Gasteiger charge is 2.33. The molecule has 15 heavy (non-hydrogen) atoms. The van der Waals surface area contributed by atoms with Crippen LogP contribution < -0.4 is 5.73 Å². The Balaban J connectivity index is 1.93. The first-order valence-corrected chi connectivity index (χ1v) is 6.66. The SMILES string of the molecule is CC1CCC(N2CC(CN)CCC2C)C1. The van der Waals surface area contributed by atoms with Crippen molar-refractivity contribution in [1.82, 2.24) is 4.90 Å². The molecule has 0 spiro atoms. The monoisotopic (exact) mass is 210 g/mol. The standard InChI is InChI=1S/C13H26N2/c1-10-3-6-13(7-10)15-9-12(8-14)5-4-11(15)2/h10-13H,3-9,14H2,1-2H3. The van der Waals surface area contributed by atoms with Crippen LogP contribution >= 0.6 is 0 Å². The molecule has 0 aromatic rings. The molecule has 1 saturated carbocycles. The Kier molecular flexibility index (Phi) is 3.68. The minimum Gasteiger partial charge on any atom is -0.330 e. The number of nitrogens with two attached hydrogens (primary N) is 1. The fraction of sp³-hybridized carbons (Fsp3) is 1.00. The first-order valence-electron chi connectivity index (χ1n) is 6.66. The van der Waals surface area contributed by atoms with E-state index < -0.39 is 0 Å². The molecule has 2 fully saturated rings. The lowest BCUT2D eigenvalue weighted by molar-refractivity contribution is 0.0748. The highest BCUT2D eigenvalue weighted by atomic mass is 15.2. The van der Waals surface area contributed by atoms with Crippen LogP contribution in [0.3, 0.4) is 0 Å². The van der Waals surface area contributed by atoms with E-state index in [0.717, 1.165) is 30.5 Å². The first kappa shape index (κ1) is 11.4. The van der Waals surface area contributed by atoms with Crippen molar-refractivity contribution in [3.05, 3.63) is 0 Å². The van der Waals surface area contributed by atoms with E-state index in [2.05, 4.69) is 18.7 Å². The van der Waals surface area contributed by atoms with E-state index in [1.807, 2.05) is 0 Å². The third-order valence-electron chi connectivity index (χ3n) is 4.50. The van der Waals surface area contributed by atoms with Gasteiger partial charge in [-0.3, -0.25) is 4.90 Å². The van der Waals surface area contributed by atoms with Gasteiger partial charge in [0, 0.05) is 18.6 Å². The maximum Gasteiger partial charge on any atom is 0.0101 e. The Bertz CT molecular complexity index is 205. The summed E-state index contributed by atoms with van der Waals surface area (Å²) in [6.07, 6.45) is 6.97. The summed E-state index contributed by atoms with van der Waals surface area (Å²) in [5.74, 6) is 1.71. The molecule has 1 heterocycles. The van der Waals surface area contributed by atoms with Crippen molar-refractivity contribution in [3.63, 3.8) is 0 Å². The van der Waals surface area contributed by atoms with Gasteiger partial charge in [0.25, 0.3) is 0 Å². The van der Waals surface area contributed by atoms with E-state index in [4.69, 9.17) is 5.73 Å². The summed E-state index contributed by atoms with van der Waals surface area (Å²) in [4.78, 5) is 2.75. The molecule has 0 bridgehead atoms. The largest absolute Gasteiger partial charge is 0.330 e. The van der Waals surface area contributed by atoms with Crippen LogP contribution in [0.4, 0.5) is 0 Å². The first-order chi connectivity index (χ1) is 7.20. The number of piperidine rings is 1. The Labute approximate surface area is 94.2 Å². The predicted molar refractivity (Wildman–Crippen MR) is 64.7 cm³/mol. The highest BCUT2D eigenvalue weighted by Crippen LogP contribution is 2.33. The molecule has 4 unspecified atom stereocenters. The van der Waals surface area contributed by atoms with Gasteiger partial charge in [-0.25, -0.2) is 0 Å². The summed E-state index contributed by atoms with van der Waals surface area (Å²) in [5, 5.41) is 0. The minimum atomic E-state index is 0.761. The van der Waals surface area contributed by atoms with E-state index >= 15 is 0 Å². The second-order valence-electron chi connectivity index (χ2n) is 5.80. The summed E-state index contributed by atoms with van der Waals surface area (Å²) < 4.78 is 0. The molecule has 1 aliphatic heterocycles. The Morgan fingerprint density at radius 2 is 1.93 bits per heavy atom. The molecule has 0 aromatic carbocycles. The second-order valence-corrected chi connectivity index (χ2v) is 5.80. The zero-order valence-corrected chi connectivity index (χ0v) is 10.3. The Morgan fingerprint density at radius 3 is 2.53 bits per heavy atom. The molecular formula is C13H26N2. The van der Waals surface area contributed by atoms with Gasteiger partial charge in [-0.1, -0.05) is 6.92 Å². The molecule has 4 atom stereocenters. The molecule has 0 radical (unpaired) electrons. The summed E-state index contributed by atoms with van der Waals surface area (Å²) in [6.45, 7) is 6.94. The van der Waals surface area contributed by atoms with Gasteiger partial charge in [0.2, 0.25) is 0 Å². The van der Waals surface area contributed by atoms with Gasteiger partial charge in [-0.05, 0) is 57.4 Å². The number of hydrogen-bond donors (Lipinski definition) is 1. The lowest BCUT2D eigenvalue weighted by Gasteiger charge is -2.41. The molecule has 88 valence electrons. The molecule has 2 nitrogen and oxygen atoms in total. The van der Waals surface area contributed by atoms with Crippen molar-refractivity contribution in [2.24, 2.45) is 17.6 Å². The van der Waals surface area contributed by atoms with Crippen molar-refractivity contribution in [2.75, 3.05) is 13.1 Å². The van der Waals surface area contributed by atoms with E-state index in [-0.39, 0.29) is 0 Å². The van der Waals surface area contributed by atoms with Gasteiger partial charge >= 0.3 is 0 Å². The quantitative estimate of drug-likeness (QED) is 0.757. The van der Waals surface area contributed by atoms with Crippen molar-refractivity contribution in [1.29, 1.82) is 0 Å². The summed E-state index contributed by atoms with van der Waals surface area (Å²) in [5.41, 5.74) is 5.81. The predicted octanol–water partition coefficient (Wildman–Crippen LogP) is 2.23. The van der Waals surface area contributed by atoms with Crippen LogP contribution in [0, 0.1) is 11.8 Å². The normalized spacial score (nSPS) is 43.4. The van der Waals surface area contributed by atoms with Gasteiger partial charge < -0.3 is 5.73 Å². The molecule has 1 saturated heterocycles. The zero-order chi connectivity index (χ0) is 10.8. The summed E-state index contributed by atoms with van der Waals surface area (Å²) >= 11 is 0. The smallest absolute Gasteiger partial charge is 0.0101 e. The summed E-state index contributed by atoms with van der Waals surface area (Å²) in [6, 6.07) is 1.66. The average molecular weight is 210 g/mol. The van der Waals surface area contributed by atoms with Gasteiger partial charge in [0.05, 0.1) is 0 Å². The fourth-order valence-corrected chi connectivity index (χ4v) is 3.39. The lowest BCUT2D eigenvalue weighted by atomic mass is 9.91. The lowest BCUT2D eigenvalue weighted by Crippen LogP contribution is -2.48. The Hall–Kier alpha value is -0.0800. The zero-order valence-electron chi connectivity index (χ0n) is 10.3. The van der Waals surface area contributed by atoms with Crippen molar-refractivity contribution < 1.29 is 0 Å². The van der Waals surface area contributed by atoms with Crippen LogP contribution in [0.25, 0.3) is 0 Å². The van der Waals surface area contributed by atoms with Crippen molar-refractivity contribution in [3.8, 4) is 0 Å². The van der Waals surface area contributed by atoms with Crippen LogP contribution in [0.15, 0.2) is 0 Å². The van der Waals surface area contributed by atoms with E-state index in [9.17, 15) is 0 Å². The molecule has 2 heteroatoms. The average Bonchev–Trinajstić information content (AvgIpc) is 2.65. The van der Waals surface area contributed by atoms with Gasteiger partial charge in [0.15, 0.2) is 0 Å². The molecule has 1 aliphatic carbocycles. The maximum absolute atomic E-state index is 5.81. The highest BCUT2D eigenvalue weighted by molar-refractivity contribution is 4.88. The maximum atomic E-state index is 5.81. The topological polar surface area (TPSA) is 29.3 Å². The Morgan fingerprint density at radius 1 is 1.13 bits per heavy atom. The van der Waals surface area contributed by atoms with Crippen LogP contribution in [0.2, 0.25) is 0 Å². The third-order valence-corrected chi connectivity index (χ3v) is 4.50. The number of hydrogen-bond acceptors (Lipinski definition) is 2. The van der Waals surface area contributed by atoms with E-state index in [1.165, 1.54) is 38.6 Å². The molecule has 2 rings (SSSR count). The van der Waals surface area contributed by atoms with Crippen LogP contribution in [0.5, 0.6) is 0 Å². The molecule has 0 amide bonds. The van der Waals surface area contributed by atoms with Crippen LogP contribution in [-0.4, -0.2) is 30.1 Å². The van der Waals surface area contributed by atoms with E-state index in [1.54, 1.807) is 0 Å². The van der Waals surface area contributed by atoms with Crippen molar-refractivity contribution in [2.45, 2.75) is 58.0 Å². The third kappa shape index (κ3) is 2.54. The van der Waals surface area contributed by atoms with Gasteiger partial charge in [-0.2, -0.15) is 0 Å². The second kappa shape index (κ2) is 4.84. The molecule has 0 aromatic heterocycles. The molecule has 2 N–H and O–H groups in total. The molecule has 2 aliphatic rings. The number of likely N-dealkylation sites (tertiary alicyclic amines) is 1. The van der Waals surface area contributed by atoms with Crippen LogP contribution in [0.1, 0.15) is 46.0 Å². The fourth-order valence-electron chi connectivity index (χ4n) is 3.39.